The van der Waals surface area contributed by atoms with Crippen LogP contribution in [-0.4, -0.2) is 23.2 Å². The summed E-state index contributed by atoms with van der Waals surface area (Å²) in [7, 11) is 1.33. The number of methoxy groups -OCH3 is 1. The highest BCUT2D eigenvalue weighted by molar-refractivity contribution is 5.90. The van der Waals surface area contributed by atoms with Gasteiger partial charge in [0, 0.05) is 11.8 Å². The van der Waals surface area contributed by atoms with Crippen LogP contribution in [0.2, 0.25) is 0 Å². The Morgan fingerprint density at radius 2 is 1.94 bits per heavy atom. The van der Waals surface area contributed by atoms with Gasteiger partial charge in [0.15, 0.2) is 0 Å². The molecule has 0 aliphatic rings. The van der Waals surface area contributed by atoms with Crippen molar-refractivity contribution in [3.05, 3.63) is 48.2 Å². The van der Waals surface area contributed by atoms with Gasteiger partial charge < -0.3 is 9.84 Å². The number of ether oxygens (including phenoxy) is 1. The first kappa shape index (κ1) is 11.1. The van der Waals surface area contributed by atoms with E-state index in [0.29, 0.717) is 11.3 Å². The Hall–Kier alpha value is -2.36. The third kappa shape index (κ3) is 2.25. The summed E-state index contributed by atoms with van der Waals surface area (Å²) in [4.78, 5) is 15.3. The molecular formula is C13H11NO3. The normalized spacial score (nSPS) is 9.94. The minimum absolute atomic E-state index is 0.110. The Morgan fingerprint density at radius 3 is 2.53 bits per heavy atom. The fourth-order valence-corrected chi connectivity index (χ4v) is 1.50. The third-order valence-electron chi connectivity index (χ3n) is 2.37. The Morgan fingerprint density at radius 1 is 1.24 bits per heavy atom. The Bertz CT molecular complexity index is 535. The molecule has 0 aliphatic carbocycles. The predicted molar refractivity (Wildman–Crippen MR) is 62.7 cm³/mol. The van der Waals surface area contributed by atoms with Crippen LogP contribution in [0.4, 0.5) is 0 Å². The average molecular weight is 229 g/mol. The number of benzene rings is 1. The maximum Gasteiger partial charge on any atom is 0.337 e. The fourth-order valence-electron chi connectivity index (χ4n) is 1.50. The predicted octanol–water partition coefficient (Wildman–Crippen LogP) is 2.24. The molecule has 1 N–H and O–H groups in total. The number of carbonyl (C=O) groups is 1. The van der Waals surface area contributed by atoms with Crippen LogP contribution in [-0.2, 0) is 4.74 Å². The fraction of sp³-hybridized carbons (Fsp3) is 0.0769. The lowest BCUT2D eigenvalue weighted by molar-refractivity contribution is 0.0601. The van der Waals surface area contributed by atoms with Crippen molar-refractivity contribution in [2.75, 3.05) is 7.11 Å². The number of nitrogens with zero attached hydrogens (tertiary/aromatic N) is 1. The zero-order valence-electron chi connectivity index (χ0n) is 9.25. The van der Waals surface area contributed by atoms with E-state index in [2.05, 4.69) is 9.72 Å². The van der Waals surface area contributed by atoms with Gasteiger partial charge in [0.2, 0.25) is 0 Å². The van der Waals surface area contributed by atoms with E-state index in [0.717, 1.165) is 5.56 Å². The van der Waals surface area contributed by atoms with Crippen LogP contribution in [0.5, 0.6) is 5.75 Å². The van der Waals surface area contributed by atoms with Gasteiger partial charge in [-0.05, 0) is 24.3 Å². The SMILES string of the molecule is COC(=O)c1ccc(-c2ncccc2O)cc1. The maximum atomic E-state index is 11.2. The monoisotopic (exact) mass is 229 g/mol. The molecule has 0 spiro atoms. The number of aromatic hydroxyl groups is 1. The topological polar surface area (TPSA) is 59.4 Å². The van der Waals surface area contributed by atoms with Crippen LogP contribution < -0.4 is 0 Å². The summed E-state index contributed by atoms with van der Waals surface area (Å²) >= 11 is 0. The van der Waals surface area contributed by atoms with E-state index in [1.54, 1.807) is 42.6 Å². The lowest BCUT2D eigenvalue weighted by atomic mass is 10.1. The van der Waals surface area contributed by atoms with Gasteiger partial charge >= 0.3 is 5.97 Å². The number of rotatable bonds is 2. The standard InChI is InChI=1S/C13H11NO3/c1-17-13(16)10-6-4-9(5-7-10)12-11(15)3-2-8-14-12/h2-8,15H,1H3. The molecule has 4 heteroatoms. The average Bonchev–Trinajstić information content (AvgIpc) is 2.39. The van der Waals surface area contributed by atoms with E-state index in [9.17, 15) is 9.90 Å². The van der Waals surface area contributed by atoms with E-state index in [4.69, 9.17) is 0 Å². The van der Waals surface area contributed by atoms with Crippen molar-refractivity contribution in [3.8, 4) is 17.0 Å². The van der Waals surface area contributed by atoms with Crippen LogP contribution in [0.15, 0.2) is 42.6 Å². The zero-order chi connectivity index (χ0) is 12.3. The van der Waals surface area contributed by atoms with Crippen molar-refractivity contribution < 1.29 is 14.6 Å². The lowest BCUT2D eigenvalue weighted by Crippen LogP contribution is -2.00. The second-order valence-corrected chi connectivity index (χ2v) is 3.44. The summed E-state index contributed by atoms with van der Waals surface area (Å²) in [6.45, 7) is 0. The van der Waals surface area contributed by atoms with Gasteiger partial charge in [-0.1, -0.05) is 12.1 Å². The highest BCUT2D eigenvalue weighted by Crippen LogP contribution is 2.26. The molecule has 0 saturated heterocycles. The Balaban J connectivity index is 2.36. The minimum atomic E-state index is -0.387. The number of carbonyl (C=O) groups excluding carboxylic acids is 1. The second kappa shape index (κ2) is 4.65. The van der Waals surface area contributed by atoms with E-state index >= 15 is 0 Å². The number of hydrogen-bond acceptors (Lipinski definition) is 4. The largest absolute Gasteiger partial charge is 0.506 e. The summed E-state index contributed by atoms with van der Waals surface area (Å²) in [6, 6.07) is 9.92. The number of aromatic nitrogens is 1. The van der Waals surface area contributed by atoms with Gasteiger partial charge in [-0.2, -0.15) is 0 Å². The number of pyridine rings is 1. The first-order valence-corrected chi connectivity index (χ1v) is 5.05. The van der Waals surface area contributed by atoms with E-state index in [1.165, 1.54) is 7.11 Å². The van der Waals surface area contributed by atoms with Gasteiger partial charge in [-0.3, -0.25) is 4.98 Å². The maximum absolute atomic E-state index is 11.2. The molecule has 2 rings (SSSR count). The highest BCUT2D eigenvalue weighted by atomic mass is 16.5. The summed E-state index contributed by atoms with van der Waals surface area (Å²) in [5.74, 6) is -0.278. The van der Waals surface area contributed by atoms with Crippen LogP contribution in [0.3, 0.4) is 0 Å². The molecule has 1 aromatic carbocycles. The molecule has 0 radical (unpaired) electrons. The molecule has 2 aromatic rings. The lowest BCUT2D eigenvalue weighted by Gasteiger charge is -2.04. The molecule has 1 heterocycles. The van der Waals surface area contributed by atoms with E-state index in [-0.39, 0.29) is 11.7 Å². The molecular weight excluding hydrogens is 218 g/mol. The van der Waals surface area contributed by atoms with Gasteiger partial charge in [-0.15, -0.1) is 0 Å². The van der Waals surface area contributed by atoms with Crippen LogP contribution in [0.25, 0.3) is 11.3 Å². The molecule has 0 saturated carbocycles. The summed E-state index contributed by atoms with van der Waals surface area (Å²) in [5.41, 5.74) is 1.70. The molecule has 0 amide bonds. The van der Waals surface area contributed by atoms with E-state index in [1.807, 2.05) is 0 Å². The first-order valence-electron chi connectivity index (χ1n) is 5.05. The molecule has 0 fully saturated rings. The quantitative estimate of drug-likeness (QED) is 0.802. The second-order valence-electron chi connectivity index (χ2n) is 3.44. The van der Waals surface area contributed by atoms with Gasteiger partial charge in [0.25, 0.3) is 0 Å². The summed E-state index contributed by atoms with van der Waals surface area (Å²) < 4.78 is 4.60. The Kier molecular flexibility index (Phi) is 3.05. The smallest absolute Gasteiger partial charge is 0.337 e. The van der Waals surface area contributed by atoms with Crippen LogP contribution in [0.1, 0.15) is 10.4 Å². The van der Waals surface area contributed by atoms with Gasteiger partial charge in [-0.25, -0.2) is 4.79 Å². The molecule has 0 bridgehead atoms. The molecule has 17 heavy (non-hydrogen) atoms. The van der Waals surface area contributed by atoms with Crippen molar-refractivity contribution in [1.29, 1.82) is 0 Å². The van der Waals surface area contributed by atoms with Crippen molar-refractivity contribution in [2.24, 2.45) is 0 Å². The van der Waals surface area contributed by atoms with Gasteiger partial charge in [0.05, 0.1) is 12.7 Å². The Labute approximate surface area is 98.5 Å². The number of esters is 1. The highest BCUT2D eigenvalue weighted by Gasteiger charge is 2.08. The molecule has 0 unspecified atom stereocenters. The summed E-state index contributed by atoms with van der Waals surface area (Å²) in [5, 5.41) is 9.63. The first-order chi connectivity index (χ1) is 8.22. The van der Waals surface area contributed by atoms with Crippen molar-refractivity contribution in [2.45, 2.75) is 0 Å². The molecule has 0 aliphatic heterocycles. The molecule has 4 nitrogen and oxygen atoms in total. The van der Waals surface area contributed by atoms with Crippen molar-refractivity contribution >= 4 is 5.97 Å². The van der Waals surface area contributed by atoms with Crippen molar-refractivity contribution in [1.82, 2.24) is 4.98 Å². The van der Waals surface area contributed by atoms with Gasteiger partial charge in [0.1, 0.15) is 11.4 Å². The van der Waals surface area contributed by atoms with Crippen molar-refractivity contribution in [3.63, 3.8) is 0 Å². The zero-order valence-corrected chi connectivity index (χ0v) is 9.25. The van der Waals surface area contributed by atoms with Crippen LogP contribution >= 0.6 is 0 Å². The van der Waals surface area contributed by atoms with Crippen LogP contribution in [0, 0.1) is 0 Å². The van der Waals surface area contributed by atoms with E-state index < -0.39 is 0 Å². The summed E-state index contributed by atoms with van der Waals surface area (Å²) in [6.07, 6.45) is 1.60. The molecule has 86 valence electrons. The molecule has 0 atom stereocenters. The molecule has 1 aromatic heterocycles. The minimum Gasteiger partial charge on any atom is -0.506 e. The third-order valence-corrected chi connectivity index (χ3v) is 2.37. The number of hydrogen-bond donors (Lipinski definition) is 1.